The van der Waals surface area contributed by atoms with E-state index in [1.807, 2.05) is 31.2 Å². The quantitative estimate of drug-likeness (QED) is 0.692. The Kier molecular flexibility index (Phi) is 3.60. The van der Waals surface area contributed by atoms with Crippen LogP contribution in [-0.2, 0) is 4.74 Å². The number of nitrogens with zero attached hydrogens (tertiary/aromatic N) is 7. The van der Waals surface area contributed by atoms with Gasteiger partial charge in [0.05, 0.1) is 17.6 Å². The Morgan fingerprint density at radius 3 is 2.79 bits per heavy atom. The fourth-order valence-corrected chi connectivity index (χ4v) is 2.92. The fraction of sp³-hybridized carbons (Fsp3) is 0.400. The van der Waals surface area contributed by atoms with Gasteiger partial charge in [-0.1, -0.05) is 12.1 Å². The number of fused-ring (bicyclic) bond motifs is 3. The molecule has 0 radical (unpaired) electrons. The number of aromatic nitrogens is 5. The molecule has 0 unspecified atom stereocenters. The van der Waals surface area contributed by atoms with Crippen LogP contribution >= 0.6 is 0 Å². The molecule has 9 nitrogen and oxygen atoms in total. The van der Waals surface area contributed by atoms with Crippen molar-refractivity contribution >= 4 is 28.6 Å². The largest absolute Gasteiger partial charge is 0.450 e. The van der Waals surface area contributed by atoms with Gasteiger partial charge < -0.3 is 14.5 Å². The van der Waals surface area contributed by atoms with Crippen molar-refractivity contribution in [1.82, 2.24) is 29.9 Å². The minimum Gasteiger partial charge on any atom is -0.450 e. The Bertz CT molecular complexity index is 886. The van der Waals surface area contributed by atoms with E-state index in [0.717, 1.165) is 16.9 Å². The minimum absolute atomic E-state index is 0.266. The number of carbonyl (C=O) groups excluding carboxylic acids is 1. The normalized spacial score (nSPS) is 15.2. The van der Waals surface area contributed by atoms with Gasteiger partial charge in [-0.05, 0) is 29.5 Å². The lowest BCUT2D eigenvalue weighted by atomic mass is 10.3. The Morgan fingerprint density at radius 2 is 2.00 bits per heavy atom. The molecule has 9 heteroatoms. The first kappa shape index (κ1) is 14.6. The van der Waals surface area contributed by atoms with Gasteiger partial charge >= 0.3 is 6.09 Å². The average Bonchev–Trinajstić information content (AvgIpc) is 3.11. The summed E-state index contributed by atoms with van der Waals surface area (Å²) in [5.41, 5.74) is 2.32. The number of anilines is 1. The highest BCUT2D eigenvalue weighted by Crippen LogP contribution is 2.23. The van der Waals surface area contributed by atoms with Crippen LogP contribution in [0.25, 0.3) is 16.7 Å². The van der Waals surface area contributed by atoms with Crippen molar-refractivity contribution < 1.29 is 9.53 Å². The van der Waals surface area contributed by atoms with Gasteiger partial charge in [-0.15, -0.1) is 5.10 Å². The number of amides is 1. The predicted octanol–water partition coefficient (Wildman–Crippen LogP) is 0.951. The van der Waals surface area contributed by atoms with Crippen molar-refractivity contribution in [3.8, 4) is 0 Å². The molecular formula is C15H17N7O2. The molecule has 0 bridgehead atoms. The summed E-state index contributed by atoms with van der Waals surface area (Å²) in [7, 11) is 0. The maximum atomic E-state index is 11.8. The number of ether oxygens (including phenoxy) is 1. The summed E-state index contributed by atoms with van der Waals surface area (Å²) < 4.78 is 6.76. The zero-order valence-corrected chi connectivity index (χ0v) is 13.3. The van der Waals surface area contributed by atoms with E-state index in [0.29, 0.717) is 38.4 Å². The molecule has 4 rings (SSSR count). The molecule has 3 aromatic rings. The number of piperazine rings is 1. The summed E-state index contributed by atoms with van der Waals surface area (Å²) in [6, 6.07) is 7.75. The molecule has 0 N–H and O–H groups in total. The van der Waals surface area contributed by atoms with E-state index in [1.54, 1.807) is 9.42 Å². The van der Waals surface area contributed by atoms with Gasteiger partial charge in [0.1, 0.15) is 0 Å². The molecule has 124 valence electrons. The molecule has 2 aromatic heterocycles. The number of benzene rings is 1. The first-order chi connectivity index (χ1) is 11.8. The predicted molar refractivity (Wildman–Crippen MR) is 86.9 cm³/mol. The lowest BCUT2D eigenvalue weighted by Crippen LogP contribution is -2.49. The molecule has 0 atom stereocenters. The maximum absolute atomic E-state index is 11.8. The van der Waals surface area contributed by atoms with Crippen molar-refractivity contribution in [2.24, 2.45) is 0 Å². The van der Waals surface area contributed by atoms with Crippen molar-refractivity contribution in [2.75, 3.05) is 37.7 Å². The Balaban J connectivity index is 1.65. The van der Waals surface area contributed by atoms with Crippen LogP contribution in [0.3, 0.4) is 0 Å². The van der Waals surface area contributed by atoms with E-state index < -0.39 is 0 Å². The Labute approximate surface area is 137 Å². The highest BCUT2D eigenvalue weighted by Gasteiger charge is 2.25. The summed E-state index contributed by atoms with van der Waals surface area (Å²) in [5.74, 6) is 0.738. The van der Waals surface area contributed by atoms with Crippen molar-refractivity contribution in [1.29, 1.82) is 0 Å². The molecule has 1 aromatic carbocycles. The highest BCUT2D eigenvalue weighted by molar-refractivity contribution is 5.82. The smallest absolute Gasteiger partial charge is 0.409 e. The van der Waals surface area contributed by atoms with Crippen LogP contribution in [0.5, 0.6) is 0 Å². The van der Waals surface area contributed by atoms with Gasteiger partial charge in [0, 0.05) is 26.2 Å². The standard InChI is InChI=1S/C15H17N7O2/c1-2-24-15(23)21-9-7-20(8-10-21)13-14-17-18-19-22(14)12-6-4-3-5-11(12)16-13/h3-6H,2,7-10H2,1H3. The minimum atomic E-state index is -0.266. The number of hydrogen-bond acceptors (Lipinski definition) is 7. The fourth-order valence-electron chi connectivity index (χ4n) is 2.92. The second kappa shape index (κ2) is 5.91. The Hall–Kier alpha value is -2.97. The Morgan fingerprint density at radius 1 is 1.21 bits per heavy atom. The zero-order valence-electron chi connectivity index (χ0n) is 13.3. The molecule has 0 spiro atoms. The van der Waals surface area contributed by atoms with E-state index in [1.165, 1.54) is 0 Å². The van der Waals surface area contributed by atoms with Gasteiger partial charge in [0.15, 0.2) is 5.82 Å². The van der Waals surface area contributed by atoms with Gasteiger partial charge in [0.25, 0.3) is 0 Å². The molecule has 1 aliphatic heterocycles. The van der Waals surface area contributed by atoms with E-state index in [2.05, 4.69) is 20.4 Å². The van der Waals surface area contributed by atoms with E-state index in [9.17, 15) is 4.79 Å². The number of hydrogen-bond donors (Lipinski definition) is 0. The first-order valence-corrected chi connectivity index (χ1v) is 7.91. The van der Waals surface area contributed by atoms with Crippen LogP contribution < -0.4 is 4.90 Å². The number of tetrazole rings is 1. The van der Waals surface area contributed by atoms with Crippen LogP contribution in [0.15, 0.2) is 24.3 Å². The van der Waals surface area contributed by atoms with E-state index in [4.69, 9.17) is 9.72 Å². The third-order valence-corrected chi connectivity index (χ3v) is 4.11. The lowest BCUT2D eigenvalue weighted by Gasteiger charge is -2.34. The van der Waals surface area contributed by atoms with Crippen LogP contribution in [0.1, 0.15) is 6.92 Å². The first-order valence-electron chi connectivity index (χ1n) is 7.91. The molecule has 1 aliphatic rings. The van der Waals surface area contributed by atoms with E-state index >= 15 is 0 Å². The van der Waals surface area contributed by atoms with E-state index in [-0.39, 0.29) is 6.09 Å². The molecule has 3 heterocycles. The summed E-state index contributed by atoms with van der Waals surface area (Å²) in [6.07, 6.45) is -0.266. The summed E-state index contributed by atoms with van der Waals surface area (Å²) in [5, 5.41) is 12.0. The van der Waals surface area contributed by atoms with Crippen LogP contribution in [-0.4, -0.2) is 68.8 Å². The summed E-state index contributed by atoms with van der Waals surface area (Å²) >= 11 is 0. The molecular weight excluding hydrogens is 310 g/mol. The average molecular weight is 327 g/mol. The molecule has 0 aliphatic carbocycles. The number of rotatable bonds is 2. The monoisotopic (exact) mass is 327 g/mol. The second-order valence-corrected chi connectivity index (χ2v) is 5.51. The van der Waals surface area contributed by atoms with Gasteiger partial charge in [0.2, 0.25) is 5.65 Å². The SMILES string of the molecule is CCOC(=O)N1CCN(c2nc3ccccc3n3nnnc23)CC1. The second-order valence-electron chi connectivity index (χ2n) is 5.51. The molecule has 24 heavy (non-hydrogen) atoms. The lowest BCUT2D eigenvalue weighted by molar-refractivity contribution is 0.105. The molecule has 1 amide bonds. The summed E-state index contributed by atoms with van der Waals surface area (Å²) in [6.45, 7) is 4.68. The zero-order chi connectivity index (χ0) is 16.5. The molecule has 0 saturated carbocycles. The van der Waals surface area contributed by atoms with Crippen LogP contribution in [0.2, 0.25) is 0 Å². The summed E-state index contributed by atoms with van der Waals surface area (Å²) in [4.78, 5) is 20.4. The molecule has 1 saturated heterocycles. The highest BCUT2D eigenvalue weighted by atomic mass is 16.6. The van der Waals surface area contributed by atoms with Crippen molar-refractivity contribution in [3.63, 3.8) is 0 Å². The third kappa shape index (κ3) is 2.38. The number of para-hydroxylation sites is 2. The van der Waals surface area contributed by atoms with Crippen LogP contribution in [0, 0.1) is 0 Å². The van der Waals surface area contributed by atoms with Gasteiger partial charge in [-0.2, -0.15) is 4.52 Å². The maximum Gasteiger partial charge on any atom is 0.409 e. The third-order valence-electron chi connectivity index (χ3n) is 4.11. The van der Waals surface area contributed by atoms with Crippen molar-refractivity contribution in [3.05, 3.63) is 24.3 Å². The number of carbonyl (C=O) groups is 1. The van der Waals surface area contributed by atoms with Crippen LogP contribution in [0.4, 0.5) is 10.6 Å². The van der Waals surface area contributed by atoms with Gasteiger partial charge in [-0.3, -0.25) is 0 Å². The molecule has 1 fully saturated rings. The van der Waals surface area contributed by atoms with Crippen molar-refractivity contribution in [2.45, 2.75) is 6.92 Å². The topological polar surface area (TPSA) is 88.8 Å². The van der Waals surface area contributed by atoms with Gasteiger partial charge in [-0.25, -0.2) is 9.78 Å².